The van der Waals surface area contributed by atoms with Gasteiger partial charge >= 0.3 is 6.03 Å². The van der Waals surface area contributed by atoms with E-state index in [2.05, 4.69) is 15.3 Å². The number of carbonyl (C=O) groups excluding carboxylic acids is 3. The molecule has 0 radical (unpaired) electrons. The van der Waals surface area contributed by atoms with Gasteiger partial charge in [-0.1, -0.05) is 18.2 Å². The number of ether oxygens (including phenoxy) is 1. The molecule has 2 aliphatic heterocycles. The number of fused-ring (bicyclic) bond motifs is 1. The van der Waals surface area contributed by atoms with E-state index in [1.165, 1.54) is 0 Å². The molecule has 2 fully saturated rings. The van der Waals surface area contributed by atoms with Crippen LogP contribution in [0.3, 0.4) is 0 Å². The van der Waals surface area contributed by atoms with Crippen LogP contribution in [0.5, 0.6) is 5.75 Å². The lowest BCUT2D eigenvalue weighted by Crippen LogP contribution is -2.52. The maximum Gasteiger partial charge on any atom is 0.325 e. The summed E-state index contributed by atoms with van der Waals surface area (Å²) in [4.78, 5) is 52.2. The van der Waals surface area contributed by atoms with Gasteiger partial charge in [0.15, 0.2) is 0 Å². The molecule has 0 unspecified atom stereocenters. The first-order valence-electron chi connectivity index (χ1n) is 11.4. The standard InChI is InChI=1S/C25H26N6O4/c1-25(19-6-4-18-15-20(35-2)7-5-17(18)14-19)22(33)31(24(34)28-25)16-21(32)29-10-12-30(13-11-29)23-26-8-3-9-27-23/h3-9,14-15H,10-13,16H2,1-2H3,(H,28,34)/t25-/m0/s1. The van der Waals surface area contributed by atoms with Crippen molar-refractivity contribution in [1.29, 1.82) is 0 Å². The molecule has 5 rings (SSSR count). The Hall–Kier alpha value is -4.21. The number of imide groups is 1. The smallest absolute Gasteiger partial charge is 0.325 e. The van der Waals surface area contributed by atoms with Crippen molar-refractivity contribution in [3.63, 3.8) is 0 Å². The van der Waals surface area contributed by atoms with Gasteiger partial charge in [-0.3, -0.25) is 14.5 Å². The fourth-order valence-electron chi connectivity index (χ4n) is 4.54. The molecule has 0 aliphatic carbocycles. The van der Waals surface area contributed by atoms with E-state index in [9.17, 15) is 14.4 Å². The van der Waals surface area contributed by atoms with Crippen molar-refractivity contribution < 1.29 is 19.1 Å². The van der Waals surface area contributed by atoms with Crippen molar-refractivity contribution in [1.82, 2.24) is 25.1 Å². The molecule has 0 saturated carbocycles. The van der Waals surface area contributed by atoms with Crippen LogP contribution in [-0.2, 0) is 15.1 Å². The molecule has 2 saturated heterocycles. The highest BCUT2D eigenvalue weighted by molar-refractivity contribution is 6.09. The number of amides is 4. The van der Waals surface area contributed by atoms with Crippen molar-refractivity contribution in [2.45, 2.75) is 12.5 Å². The lowest BCUT2D eigenvalue weighted by atomic mass is 9.90. The van der Waals surface area contributed by atoms with Crippen LogP contribution < -0.4 is 15.0 Å². The van der Waals surface area contributed by atoms with Crippen LogP contribution in [-0.4, -0.2) is 77.4 Å². The Morgan fingerprint density at radius 2 is 1.71 bits per heavy atom. The molecular weight excluding hydrogens is 448 g/mol. The molecule has 10 heteroatoms. The molecule has 3 aromatic rings. The third-order valence-electron chi connectivity index (χ3n) is 6.66. The number of carbonyl (C=O) groups is 3. The highest BCUT2D eigenvalue weighted by Gasteiger charge is 2.49. The van der Waals surface area contributed by atoms with Gasteiger partial charge in [-0.05, 0) is 47.5 Å². The van der Waals surface area contributed by atoms with Crippen molar-refractivity contribution in [2.75, 3.05) is 44.7 Å². The molecule has 10 nitrogen and oxygen atoms in total. The first-order chi connectivity index (χ1) is 16.9. The van der Waals surface area contributed by atoms with Gasteiger partial charge in [-0.25, -0.2) is 14.8 Å². The molecule has 180 valence electrons. The van der Waals surface area contributed by atoms with Gasteiger partial charge in [0, 0.05) is 38.6 Å². The number of nitrogens with one attached hydrogen (secondary N) is 1. The molecule has 1 atom stereocenters. The van der Waals surface area contributed by atoms with Gasteiger partial charge in [-0.2, -0.15) is 0 Å². The van der Waals surface area contributed by atoms with Gasteiger partial charge in [0.1, 0.15) is 17.8 Å². The van der Waals surface area contributed by atoms with Crippen LogP contribution in [0.1, 0.15) is 12.5 Å². The fourth-order valence-corrected chi connectivity index (χ4v) is 4.54. The summed E-state index contributed by atoms with van der Waals surface area (Å²) in [6, 6.07) is 12.4. The SMILES string of the molecule is COc1ccc2cc([C@]3(C)NC(=O)N(CC(=O)N4CCN(c5ncccn5)CC4)C3=O)ccc2c1. The zero-order chi connectivity index (χ0) is 24.6. The van der Waals surface area contributed by atoms with E-state index in [1.807, 2.05) is 41.3 Å². The number of aromatic nitrogens is 2. The molecule has 1 N–H and O–H groups in total. The zero-order valence-electron chi connectivity index (χ0n) is 19.6. The third-order valence-corrected chi connectivity index (χ3v) is 6.66. The monoisotopic (exact) mass is 474 g/mol. The minimum Gasteiger partial charge on any atom is -0.497 e. The number of anilines is 1. The maximum absolute atomic E-state index is 13.4. The maximum atomic E-state index is 13.4. The van der Waals surface area contributed by atoms with Crippen LogP contribution in [0.15, 0.2) is 54.9 Å². The zero-order valence-corrected chi connectivity index (χ0v) is 19.6. The Morgan fingerprint density at radius 1 is 1.03 bits per heavy atom. The van der Waals surface area contributed by atoms with Crippen molar-refractivity contribution in [3.05, 3.63) is 60.4 Å². The average molecular weight is 475 g/mol. The molecule has 3 heterocycles. The molecule has 2 aromatic carbocycles. The molecule has 1 aromatic heterocycles. The van der Waals surface area contributed by atoms with Gasteiger partial charge in [0.2, 0.25) is 11.9 Å². The number of hydrogen-bond donors (Lipinski definition) is 1. The molecule has 4 amide bonds. The minimum atomic E-state index is -1.26. The summed E-state index contributed by atoms with van der Waals surface area (Å²) in [5, 5.41) is 4.66. The first kappa shape index (κ1) is 22.6. The highest BCUT2D eigenvalue weighted by atomic mass is 16.5. The quantitative estimate of drug-likeness (QED) is 0.562. The van der Waals surface area contributed by atoms with E-state index in [0.29, 0.717) is 37.7 Å². The van der Waals surface area contributed by atoms with Crippen LogP contribution >= 0.6 is 0 Å². The van der Waals surface area contributed by atoms with Gasteiger partial charge in [0.05, 0.1) is 7.11 Å². The van der Waals surface area contributed by atoms with Crippen molar-refractivity contribution in [3.8, 4) is 5.75 Å². The number of benzene rings is 2. The predicted molar refractivity (Wildman–Crippen MR) is 129 cm³/mol. The van der Waals surface area contributed by atoms with Crippen molar-refractivity contribution in [2.24, 2.45) is 0 Å². The van der Waals surface area contributed by atoms with Crippen LogP contribution in [0.25, 0.3) is 10.8 Å². The second kappa shape index (κ2) is 8.86. The second-order valence-electron chi connectivity index (χ2n) is 8.79. The fraction of sp³-hybridized carbons (Fsp3) is 0.320. The second-order valence-corrected chi connectivity index (χ2v) is 8.79. The molecule has 0 spiro atoms. The summed E-state index contributed by atoms with van der Waals surface area (Å²) in [6.07, 6.45) is 3.36. The normalized spacial score (nSPS) is 20.3. The molecule has 2 aliphatic rings. The van der Waals surface area contributed by atoms with Gasteiger partial charge in [-0.15, -0.1) is 0 Å². The lowest BCUT2D eigenvalue weighted by Gasteiger charge is -2.35. The number of hydrogen-bond acceptors (Lipinski definition) is 7. The number of rotatable bonds is 5. The van der Waals surface area contributed by atoms with Crippen LogP contribution in [0.4, 0.5) is 10.7 Å². The summed E-state index contributed by atoms with van der Waals surface area (Å²) in [5.41, 5.74) is -0.602. The number of urea groups is 1. The van der Waals surface area contributed by atoms with Gasteiger partial charge < -0.3 is 19.9 Å². The van der Waals surface area contributed by atoms with Crippen molar-refractivity contribution >= 4 is 34.6 Å². The summed E-state index contributed by atoms with van der Waals surface area (Å²) in [5.74, 6) is 0.652. The number of piperazine rings is 1. The Kier molecular flexibility index (Phi) is 5.72. The summed E-state index contributed by atoms with van der Waals surface area (Å²) < 4.78 is 5.27. The van der Waals surface area contributed by atoms with Gasteiger partial charge in [0.25, 0.3) is 5.91 Å². The Bertz CT molecular complexity index is 1290. The Labute approximate surface area is 202 Å². The molecule has 0 bridgehead atoms. The first-order valence-corrected chi connectivity index (χ1v) is 11.4. The molecule has 35 heavy (non-hydrogen) atoms. The van der Waals surface area contributed by atoms with E-state index in [4.69, 9.17) is 4.74 Å². The predicted octanol–water partition coefficient (Wildman–Crippen LogP) is 1.75. The summed E-state index contributed by atoms with van der Waals surface area (Å²) in [7, 11) is 1.61. The largest absolute Gasteiger partial charge is 0.497 e. The average Bonchev–Trinajstić information content (AvgIpc) is 3.12. The molecular formula is C25H26N6O4. The van der Waals surface area contributed by atoms with E-state index >= 15 is 0 Å². The summed E-state index contributed by atoms with van der Waals surface area (Å²) >= 11 is 0. The van der Waals surface area contributed by atoms with E-state index in [0.717, 1.165) is 21.4 Å². The Balaban J connectivity index is 1.27. The van der Waals surface area contributed by atoms with Crippen LogP contribution in [0.2, 0.25) is 0 Å². The van der Waals surface area contributed by atoms with E-state index < -0.39 is 17.5 Å². The van der Waals surface area contributed by atoms with E-state index in [1.54, 1.807) is 37.4 Å². The highest BCUT2D eigenvalue weighted by Crippen LogP contribution is 2.32. The minimum absolute atomic E-state index is 0.267. The summed E-state index contributed by atoms with van der Waals surface area (Å²) in [6.45, 7) is 3.46. The number of nitrogens with zero attached hydrogens (tertiary/aromatic N) is 5. The van der Waals surface area contributed by atoms with E-state index in [-0.39, 0.29) is 12.5 Å². The Morgan fingerprint density at radius 3 is 2.43 bits per heavy atom. The number of methoxy groups -OCH3 is 1. The topological polar surface area (TPSA) is 108 Å². The third kappa shape index (κ3) is 4.11. The lowest BCUT2D eigenvalue weighted by molar-refractivity contribution is -0.139. The van der Waals surface area contributed by atoms with Crippen LogP contribution in [0, 0.1) is 0 Å².